The Morgan fingerprint density at radius 1 is 1.24 bits per heavy atom. The van der Waals surface area contributed by atoms with E-state index in [1.807, 2.05) is 24.3 Å². The maximum Gasteiger partial charge on any atom is 0.336 e. The number of nitriles is 3. The molecule has 1 aromatic rings. The van der Waals surface area contributed by atoms with Crippen molar-refractivity contribution in [3.8, 4) is 18.2 Å². The summed E-state index contributed by atoms with van der Waals surface area (Å²) in [7, 11) is 0. The van der Waals surface area contributed by atoms with Gasteiger partial charge in [0.05, 0.1) is 24.3 Å². The second-order valence-electron chi connectivity index (χ2n) is 5.36. The lowest BCUT2D eigenvalue weighted by atomic mass is 9.76. The molecule has 0 saturated heterocycles. The summed E-state index contributed by atoms with van der Waals surface area (Å²) in [5.41, 5.74) is 1.88. The van der Waals surface area contributed by atoms with E-state index >= 15 is 0 Å². The first-order chi connectivity index (χ1) is 12.1. The van der Waals surface area contributed by atoms with Crippen molar-refractivity contribution in [1.82, 2.24) is 5.32 Å². The number of benzene rings is 1. The third kappa shape index (κ3) is 3.37. The number of hydrogen-bond donors (Lipinski definition) is 1. The molecule has 0 saturated carbocycles. The molecule has 6 heteroatoms. The first-order valence-corrected chi connectivity index (χ1v) is 7.72. The monoisotopic (exact) mass is 332 g/mol. The molecule has 124 valence electrons. The van der Waals surface area contributed by atoms with Crippen LogP contribution in [0, 0.1) is 39.9 Å². The van der Waals surface area contributed by atoms with Crippen LogP contribution in [0.4, 0.5) is 0 Å². The number of hydrogen-bond acceptors (Lipinski definition) is 6. The van der Waals surface area contributed by atoms with E-state index in [9.17, 15) is 20.6 Å². The maximum atomic E-state index is 12.5. The van der Waals surface area contributed by atoms with Gasteiger partial charge in [-0.3, -0.25) is 0 Å². The van der Waals surface area contributed by atoms with Gasteiger partial charge >= 0.3 is 5.97 Å². The van der Waals surface area contributed by atoms with Crippen molar-refractivity contribution in [1.29, 1.82) is 15.8 Å². The molecule has 1 heterocycles. The summed E-state index contributed by atoms with van der Waals surface area (Å²) in [5.74, 6) is -2.39. The van der Waals surface area contributed by atoms with Crippen molar-refractivity contribution >= 4 is 5.97 Å². The van der Waals surface area contributed by atoms with Crippen molar-refractivity contribution in [3.05, 3.63) is 58.4 Å². The molecule has 6 nitrogen and oxygen atoms in total. The largest absolute Gasteiger partial charge is 0.463 e. The van der Waals surface area contributed by atoms with Gasteiger partial charge in [0.2, 0.25) is 0 Å². The van der Waals surface area contributed by atoms with Crippen LogP contribution in [0.5, 0.6) is 0 Å². The zero-order valence-corrected chi connectivity index (χ0v) is 13.9. The van der Waals surface area contributed by atoms with Gasteiger partial charge in [0.25, 0.3) is 0 Å². The maximum absolute atomic E-state index is 12.5. The van der Waals surface area contributed by atoms with Crippen LogP contribution in [0.25, 0.3) is 0 Å². The van der Waals surface area contributed by atoms with E-state index < -0.39 is 17.8 Å². The molecule has 0 spiro atoms. The molecule has 2 rings (SSSR count). The van der Waals surface area contributed by atoms with Crippen LogP contribution in [0.15, 0.2) is 52.9 Å². The highest BCUT2D eigenvalue weighted by molar-refractivity contribution is 5.93. The second-order valence-corrected chi connectivity index (χ2v) is 5.36. The highest BCUT2D eigenvalue weighted by Gasteiger charge is 2.38. The van der Waals surface area contributed by atoms with Crippen LogP contribution in [-0.4, -0.2) is 12.6 Å². The van der Waals surface area contributed by atoms with Gasteiger partial charge in [-0.25, -0.2) is 4.79 Å². The third-order valence-corrected chi connectivity index (χ3v) is 3.91. The van der Waals surface area contributed by atoms with Gasteiger partial charge in [-0.1, -0.05) is 30.3 Å². The van der Waals surface area contributed by atoms with E-state index in [0.29, 0.717) is 16.8 Å². The molecular formula is C19H16N4O2. The zero-order chi connectivity index (χ0) is 18.4. The van der Waals surface area contributed by atoms with Gasteiger partial charge in [0, 0.05) is 17.2 Å². The molecule has 0 radical (unpaired) electrons. The molecule has 0 aliphatic carbocycles. The highest BCUT2D eigenvalue weighted by atomic mass is 16.5. The van der Waals surface area contributed by atoms with Gasteiger partial charge in [0.1, 0.15) is 11.8 Å². The van der Waals surface area contributed by atoms with Crippen molar-refractivity contribution < 1.29 is 9.53 Å². The molecule has 0 aromatic heterocycles. The smallest absolute Gasteiger partial charge is 0.336 e. The Bertz CT molecular complexity index is 849. The minimum absolute atomic E-state index is 0.118. The van der Waals surface area contributed by atoms with E-state index in [-0.39, 0.29) is 17.9 Å². The predicted molar refractivity (Wildman–Crippen MR) is 89.0 cm³/mol. The first-order valence-electron chi connectivity index (χ1n) is 7.72. The topological polar surface area (TPSA) is 110 Å². The molecule has 25 heavy (non-hydrogen) atoms. The second kappa shape index (κ2) is 7.81. The molecule has 0 bridgehead atoms. The predicted octanol–water partition coefficient (Wildman–Crippen LogP) is 2.65. The molecule has 0 unspecified atom stereocenters. The fourth-order valence-corrected chi connectivity index (χ4v) is 2.89. The number of carbonyl (C=O) groups is 1. The summed E-state index contributed by atoms with van der Waals surface area (Å²) in [6.45, 7) is 3.57. The van der Waals surface area contributed by atoms with E-state index in [2.05, 4.69) is 5.32 Å². The molecule has 0 fully saturated rings. The Morgan fingerprint density at radius 3 is 2.40 bits per heavy atom. The van der Waals surface area contributed by atoms with Crippen molar-refractivity contribution in [3.63, 3.8) is 0 Å². The third-order valence-electron chi connectivity index (χ3n) is 3.91. The Labute approximate surface area is 146 Å². The average Bonchev–Trinajstić information content (AvgIpc) is 2.63. The molecular weight excluding hydrogens is 316 g/mol. The Balaban J connectivity index is 2.74. The number of rotatable bonds is 4. The molecule has 1 aromatic carbocycles. The minimum atomic E-state index is -1.16. The number of carbonyl (C=O) groups excluding carboxylic acids is 1. The Hall–Kier alpha value is -3.56. The first kappa shape index (κ1) is 17.8. The molecule has 1 aliphatic rings. The van der Waals surface area contributed by atoms with Crippen LogP contribution >= 0.6 is 0 Å². The lowest BCUT2D eigenvalue weighted by Crippen LogP contribution is -2.31. The summed E-state index contributed by atoms with van der Waals surface area (Å²) < 4.78 is 5.16. The van der Waals surface area contributed by atoms with E-state index in [1.165, 1.54) is 0 Å². The summed E-state index contributed by atoms with van der Waals surface area (Å²) in [4.78, 5) is 12.5. The number of allylic oxidation sites excluding steroid dienone is 3. The standard InChI is InChI=1S/C19H16N4O2/c1-3-25-19(24)16-12(2)23-15(11-22)17(14(9-20)10-21)18(16)13-7-5-4-6-8-13/h4-8,14,18,23H,3H2,1-2H3/t18-/m0/s1. The van der Waals surface area contributed by atoms with Gasteiger partial charge < -0.3 is 10.1 Å². The van der Waals surface area contributed by atoms with Crippen molar-refractivity contribution in [2.45, 2.75) is 19.8 Å². The molecule has 1 N–H and O–H groups in total. The fraction of sp³-hybridized carbons (Fsp3) is 0.263. The Kier molecular flexibility index (Phi) is 5.56. The normalized spacial score (nSPS) is 16.6. The molecule has 0 amide bonds. The van der Waals surface area contributed by atoms with E-state index in [4.69, 9.17) is 4.74 Å². The van der Waals surface area contributed by atoms with E-state index in [0.717, 1.165) is 0 Å². The van der Waals surface area contributed by atoms with Crippen LogP contribution in [-0.2, 0) is 9.53 Å². The summed E-state index contributed by atoms with van der Waals surface area (Å²) >= 11 is 0. The SMILES string of the molecule is CCOC(=O)C1=C(C)NC(C#N)=C(C(C#N)C#N)[C@H]1c1ccccc1. The number of nitrogens with zero attached hydrogens (tertiary/aromatic N) is 3. The lowest BCUT2D eigenvalue weighted by Gasteiger charge is -2.30. The van der Waals surface area contributed by atoms with Gasteiger partial charge in [-0.15, -0.1) is 0 Å². The van der Waals surface area contributed by atoms with Gasteiger partial charge in [0.15, 0.2) is 5.92 Å². The van der Waals surface area contributed by atoms with E-state index in [1.54, 1.807) is 38.1 Å². The molecule has 1 atom stereocenters. The number of ether oxygens (including phenoxy) is 1. The Morgan fingerprint density at radius 2 is 1.88 bits per heavy atom. The lowest BCUT2D eigenvalue weighted by molar-refractivity contribution is -0.138. The van der Waals surface area contributed by atoms with Gasteiger partial charge in [-0.2, -0.15) is 15.8 Å². The summed E-state index contributed by atoms with van der Waals surface area (Å²) in [6.07, 6.45) is 0. The van der Waals surface area contributed by atoms with Crippen LogP contribution in [0.2, 0.25) is 0 Å². The minimum Gasteiger partial charge on any atom is -0.463 e. The van der Waals surface area contributed by atoms with Crippen LogP contribution < -0.4 is 5.32 Å². The quantitative estimate of drug-likeness (QED) is 0.849. The number of dihydropyridines is 1. The number of nitrogens with one attached hydrogen (secondary N) is 1. The highest BCUT2D eigenvalue weighted by Crippen LogP contribution is 2.41. The van der Waals surface area contributed by atoms with Crippen molar-refractivity contribution in [2.24, 2.45) is 5.92 Å². The molecule has 1 aliphatic heterocycles. The zero-order valence-electron chi connectivity index (χ0n) is 13.9. The average molecular weight is 332 g/mol. The van der Waals surface area contributed by atoms with Crippen LogP contribution in [0.1, 0.15) is 25.3 Å². The fourth-order valence-electron chi connectivity index (χ4n) is 2.89. The number of esters is 1. The van der Waals surface area contributed by atoms with Gasteiger partial charge in [-0.05, 0) is 19.4 Å². The van der Waals surface area contributed by atoms with Crippen molar-refractivity contribution in [2.75, 3.05) is 6.61 Å². The van der Waals surface area contributed by atoms with Crippen LogP contribution in [0.3, 0.4) is 0 Å². The summed E-state index contributed by atoms with van der Waals surface area (Å²) in [6, 6.07) is 14.8. The summed E-state index contributed by atoms with van der Waals surface area (Å²) in [5, 5.41) is 31.1.